The van der Waals surface area contributed by atoms with Crippen molar-refractivity contribution in [1.82, 2.24) is 30.3 Å². The molecule has 9 heteroatoms. The van der Waals surface area contributed by atoms with Crippen molar-refractivity contribution in [3.8, 4) is 0 Å². The Balaban J connectivity index is 1.95. The Kier molecular flexibility index (Phi) is 8.21. The molecule has 1 aliphatic heterocycles. The number of rotatable bonds is 8. The van der Waals surface area contributed by atoms with Crippen LogP contribution in [0.1, 0.15) is 37.8 Å². The molecule has 0 aromatic carbocycles. The Labute approximate surface area is 160 Å². The van der Waals surface area contributed by atoms with E-state index in [9.17, 15) is 4.79 Å². The predicted molar refractivity (Wildman–Crippen MR) is 106 cm³/mol. The van der Waals surface area contributed by atoms with Crippen LogP contribution in [0.25, 0.3) is 0 Å². The average Bonchev–Trinajstić information content (AvgIpc) is 3.23. The molecule has 26 heavy (non-hydrogen) atoms. The number of carbonyl (C=O) groups excluding carboxylic acids is 1. The second-order valence-electron chi connectivity index (χ2n) is 6.48. The highest BCUT2D eigenvalue weighted by molar-refractivity contribution is 7.98. The Morgan fingerprint density at radius 1 is 1.42 bits per heavy atom. The molecule has 2 heterocycles. The zero-order chi connectivity index (χ0) is 18.9. The van der Waals surface area contributed by atoms with Gasteiger partial charge in [-0.3, -0.25) is 4.79 Å². The van der Waals surface area contributed by atoms with Crippen molar-refractivity contribution in [2.24, 2.45) is 12.0 Å². The zero-order valence-electron chi connectivity index (χ0n) is 16.3. The van der Waals surface area contributed by atoms with Gasteiger partial charge in [0.2, 0.25) is 5.91 Å². The summed E-state index contributed by atoms with van der Waals surface area (Å²) >= 11 is 1.84. The summed E-state index contributed by atoms with van der Waals surface area (Å²) < 4.78 is 1.95. The second kappa shape index (κ2) is 10.4. The summed E-state index contributed by atoms with van der Waals surface area (Å²) in [5.41, 5.74) is 0. The molecule has 1 unspecified atom stereocenters. The van der Waals surface area contributed by atoms with E-state index in [2.05, 4.69) is 32.1 Å². The minimum Gasteiger partial charge on any atom is -0.356 e. The quantitative estimate of drug-likeness (QED) is 0.396. The molecule has 1 atom stereocenters. The van der Waals surface area contributed by atoms with Crippen LogP contribution in [-0.2, 0) is 18.4 Å². The van der Waals surface area contributed by atoms with Crippen molar-refractivity contribution in [2.45, 2.75) is 45.7 Å². The van der Waals surface area contributed by atoms with Crippen LogP contribution in [0.5, 0.6) is 0 Å². The Hall–Kier alpha value is -1.77. The number of hydrogen-bond acceptors (Lipinski definition) is 5. The molecule has 0 radical (unpaired) electrons. The topological polar surface area (TPSA) is 87.4 Å². The first-order chi connectivity index (χ1) is 12.5. The molecule has 0 spiro atoms. The molecule has 1 aliphatic rings. The van der Waals surface area contributed by atoms with Gasteiger partial charge in [-0.05, 0) is 31.8 Å². The van der Waals surface area contributed by atoms with E-state index >= 15 is 0 Å². The molecule has 1 fully saturated rings. The summed E-state index contributed by atoms with van der Waals surface area (Å²) in [4.78, 5) is 18.5. The van der Waals surface area contributed by atoms with Crippen LogP contribution in [0.3, 0.4) is 0 Å². The third-order valence-electron chi connectivity index (χ3n) is 4.56. The molecular weight excluding hydrogens is 350 g/mol. The average molecular weight is 382 g/mol. The maximum atomic E-state index is 11.9. The summed E-state index contributed by atoms with van der Waals surface area (Å²) in [5, 5.41) is 15.1. The lowest BCUT2D eigenvalue weighted by Crippen LogP contribution is -2.45. The van der Waals surface area contributed by atoms with Crippen LogP contribution in [0.2, 0.25) is 0 Å². The fourth-order valence-corrected chi connectivity index (χ4v) is 3.27. The fraction of sp³-hybridized carbons (Fsp3) is 0.765. The number of thioether (sulfide) groups is 1. The first-order valence-corrected chi connectivity index (χ1v) is 10.6. The van der Waals surface area contributed by atoms with Crippen LogP contribution < -0.4 is 10.6 Å². The van der Waals surface area contributed by atoms with Gasteiger partial charge in [0.25, 0.3) is 0 Å². The standard InChI is InChI=1S/C17H31N7OS/c1-5-16(25)24-9-7-14(12-24)20-17(18-8-6-10-26-4)19-11-15-22-21-13(2)23(15)3/h14H,5-12H2,1-4H3,(H2,18,19,20). The number of carbonyl (C=O) groups is 1. The number of aromatic nitrogens is 3. The van der Waals surface area contributed by atoms with Gasteiger partial charge in [0, 0.05) is 39.1 Å². The molecule has 0 saturated carbocycles. The Morgan fingerprint density at radius 3 is 2.88 bits per heavy atom. The molecule has 0 aliphatic carbocycles. The molecule has 2 rings (SSSR count). The molecule has 1 aromatic heterocycles. The number of amides is 1. The molecule has 1 saturated heterocycles. The van der Waals surface area contributed by atoms with Gasteiger partial charge in [-0.15, -0.1) is 10.2 Å². The number of nitrogens with zero attached hydrogens (tertiary/aromatic N) is 5. The first-order valence-electron chi connectivity index (χ1n) is 9.21. The van der Waals surface area contributed by atoms with Crippen LogP contribution in [-0.4, -0.2) is 69.2 Å². The van der Waals surface area contributed by atoms with Crippen molar-refractivity contribution >= 4 is 23.6 Å². The molecule has 1 amide bonds. The normalized spacial score (nSPS) is 17.6. The van der Waals surface area contributed by atoms with E-state index < -0.39 is 0 Å². The molecular formula is C17H31N7OS. The van der Waals surface area contributed by atoms with E-state index in [0.29, 0.717) is 13.0 Å². The largest absolute Gasteiger partial charge is 0.356 e. The fourth-order valence-electron chi connectivity index (χ4n) is 2.84. The molecule has 146 valence electrons. The van der Waals surface area contributed by atoms with E-state index in [4.69, 9.17) is 0 Å². The third kappa shape index (κ3) is 5.89. The lowest BCUT2D eigenvalue weighted by Gasteiger charge is -2.19. The van der Waals surface area contributed by atoms with Crippen molar-refractivity contribution in [3.63, 3.8) is 0 Å². The Bertz CT molecular complexity index is 616. The van der Waals surface area contributed by atoms with Crippen LogP contribution >= 0.6 is 11.8 Å². The smallest absolute Gasteiger partial charge is 0.222 e. The number of aliphatic imine (C=N–C) groups is 1. The number of aryl methyl sites for hydroxylation is 1. The van der Waals surface area contributed by atoms with Gasteiger partial charge >= 0.3 is 0 Å². The summed E-state index contributed by atoms with van der Waals surface area (Å²) in [6.45, 7) is 6.73. The van der Waals surface area contributed by atoms with E-state index in [1.54, 1.807) is 0 Å². The van der Waals surface area contributed by atoms with E-state index in [1.807, 2.05) is 42.1 Å². The summed E-state index contributed by atoms with van der Waals surface area (Å²) in [7, 11) is 1.95. The highest BCUT2D eigenvalue weighted by atomic mass is 32.2. The molecule has 8 nitrogen and oxygen atoms in total. The maximum Gasteiger partial charge on any atom is 0.222 e. The number of likely N-dealkylation sites (tertiary alicyclic amines) is 1. The number of guanidine groups is 1. The molecule has 2 N–H and O–H groups in total. The van der Waals surface area contributed by atoms with Crippen molar-refractivity contribution in [3.05, 3.63) is 11.6 Å². The third-order valence-corrected chi connectivity index (χ3v) is 5.26. The van der Waals surface area contributed by atoms with Gasteiger partial charge in [0.1, 0.15) is 12.4 Å². The van der Waals surface area contributed by atoms with Gasteiger partial charge in [-0.25, -0.2) is 4.99 Å². The van der Waals surface area contributed by atoms with Crippen molar-refractivity contribution in [2.75, 3.05) is 31.6 Å². The molecule has 0 bridgehead atoms. The minimum absolute atomic E-state index is 0.218. The highest BCUT2D eigenvalue weighted by Crippen LogP contribution is 2.10. The summed E-state index contributed by atoms with van der Waals surface area (Å²) in [6.07, 6.45) is 4.70. The molecule has 1 aromatic rings. The Morgan fingerprint density at radius 2 is 2.23 bits per heavy atom. The number of hydrogen-bond donors (Lipinski definition) is 2. The SMILES string of the molecule is CCC(=O)N1CCC(NC(=NCc2nnc(C)n2C)NCCCSC)C1. The summed E-state index contributed by atoms with van der Waals surface area (Å²) in [6, 6.07) is 0.235. The number of nitrogens with one attached hydrogen (secondary N) is 2. The van der Waals surface area contributed by atoms with Gasteiger partial charge in [0.15, 0.2) is 11.8 Å². The maximum absolute atomic E-state index is 11.9. The van der Waals surface area contributed by atoms with Crippen LogP contribution in [0.15, 0.2) is 4.99 Å². The van der Waals surface area contributed by atoms with Crippen molar-refractivity contribution in [1.29, 1.82) is 0 Å². The van der Waals surface area contributed by atoms with E-state index in [0.717, 1.165) is 55.8 Å². The van der Waals surface area contributed by atoms with Crippen LogP contribution in [0.4, 0.5) is 0 Å². The van der Waals surface area contributed by atoms with Crippen LogP contribution in [0, 0.1) is 6.92 Å². The van der Waals surface area contributed by atoms with Gasteiger partial charge in [-0.2, -0.15) is 11.8 Å². The van der Waals surface area contributed by atoms with Gasteiger partial charge in [-0.1, -0.05) is 6.92 Å². The first kappa shape index (κ1) is 20.5. The monoisotopic (exact) mass is 381 g/mol. The lowest BCUT2D eigenvalue weighted by molar-refractivity contribution is -0.129. The van der Waals surface area contributed by atoms with Gasteiger partial charge in [0.05, 0.1) is 0 Å². The van der Waals surface area contributed by atoms with Gasteiger partial charge < -0.3 is 20.1 Å². The highest BCUT2D eigenvalue weighted by Gasteiger charge is 2.25. The minimum atomic E-state index is 0.218. The lowest BCUT2D eigenvalue weighted by atomic mass is 10.3. The zero-order valence-corrected chi connectivity index (χ0v) is 17.1. The van der Waals surface area contributed by atoms with E-state index in [-0.39, 0.29) is 11.9 Å². The second-order valence-corrected chi connectivity index (χ2v) is 7.47. The summed E-state index contributed by atoms with van der Waals surface area (Å²) in [5.74, 6) is 3.83. The van der Waals surface area contributed by atoms with Crippen molar-refractivity contribution < 1.29 is 4.79 Å². The van der Waals surface area contributed by atoms with E-state index in [1.165, 1.54) is 0 Å². The predicted octanol–water partition coefficient (Wildman–Crippen LogP) is 0.923.